The third-order valence-electron chi connectivity index (χ3n) is 2.92. The lowest BCUT2D eigenvalue weighted by Crippen LogP contribution is -2.36. The molecule has 0 unspecified atom stereocenters. The molecule has 0 aliphatic carbocycles. The molecule has 0 fully saturated rings. The molecule has 1 aromatic carbocycles. The fourth-order valence-corrected chi connectivity index (χ4v) is 2.17. The number of carbonyl (C=O) groups excluding carboxylic acids is 2. The van der Waals surface area contributed by atoms with Crippen LogP contribution < -0.4 is 10.1 Å². The number of amides is 1. The molecule has 1 heterocycles. The van der Waals surface area contributed by atoms with Crippen LogP contribution in [0.3, 0.4) is 0 Å². The second-order valence-electron chi connectivity index (χ2n) is 6.77. The van der Waals surface area contributed by atoms with Crippen LogP contribution in [0.1, 0.15) is 51.4 Å². The van der Waals surface area contributed by atoms with Gasteiger partial charge in [-0.2, -0.15) is 0 Å². The van der Waals surface area contributed by atoms with E-state index in [9.17, 15) is 9.59 Å². The van der Waals surface area contributed by atoms with E-state index in [0.717, 1.165) is 0 Å². The molecule has 21 heavy (non-hydrogen) atoms. The van der Waals surface area contributed by atoms with Crippen molar-refractivity contribution in [2.24, 2.45) is 0 Å². The average Bonchev–Trinajstić information content (AvgIpc) is 2.26. The number of ether oxygens (including phenoxy) is 2. The van der Waals surface area contributed by atoms with E-state index in [1.54, 1.807) is 39.0 Å². The van der Waals surface area contributed by atoms with E-state index in [1.807, 2.05) is 13.8 Å². The summed E-state index contributed by atoms with van der Waals surface area (Å²) in [5.41, 5.74) is -0.240. The first kappa shape index (κ1) is 15.4. The van der Waals surface area contributed by atoms with Gasteiger partial charge in [-0.05, 0) is 46.8 Å². The van der Waals surface area contributed by atoms with Crippen LogP contribution in [0.25, 0.3) is 0 Å². The zero-order valence-electron chi connectivity index (χ0n) is 13.1. The van der Waals surface area contributed by atoms with Gasteiger partial charge < -0.3 is 9.47 Å². The molecule has 0 saturated heterocycles. The molecule has 0 spiro atoms. The Kier molecular flexibility index (Phi) is 3.70. The van der Waals surface area contributed by atoms with Gasteiger partial charge in [0, 0.05) is 0 Å². The number of para-hydroxylation sites is 1. The van der Waals surface area contributed by atoms with Gasteiger partial charge in [-0.1, -0.05) is 6.07 Å². The van der Waals surface area contributed by atoms with Gasteiger partial charge in [0.1, 0.15) is 11.2 Å². The van der Waals surface area contributed by atoms with Gasteiger partial charge in [0.25, 0.3) is 0 Å². The standard InChI is InChI=1S/C16H21NO4/c1-15(2,3)21-14(19)17-11-8-6-7-10-12(18)9-16(4,5)20-13(10)11/h6-8H,9H2,1-5H3,(H,17,19). The summed E-state index contributed by atoms with van der Waals surface area (Å²) in [7, 11) is 0. The third-order valence-corrected chi connectivity index (χ3v) is 2.92. The minimum atomic E-state index is -0.588. The van der Waals surface area contributed by atoms with E-state index >= 15 is 0 Å². The number of carbonyl (C=O) groups is 2. The largest absolute Gasteiger partial charge is 0.484 e. The van der Waals surface area contributed by atoms with Gasteiger partial charge in [0.2, 0.25) is 0 Å². The van der Waals surface area contributed by atoms with Crippen LogP contribution in [0.2, 0.25) is 0 Å². The monoisotopic (exact) mass is 291 g/mol. The summed E-state index contributed by atoms with van der Waals surface area (Å²) in [5, 5.41) is 2.65. The molecular formula is C16H21NO4. The molecule has 114 valence electrons. The van der Waals surface area contributed by atoms with E-state index in [0.29, 0.717) is 23.4 Å². The molecule has 1 amide bonds. The highest BCUT2D eigenvalue weighted by Crippen LogP contribution is 2.38. The lowest BCUT2D eigenvalue weighted by Gasteiger charge is -2.32. The van der Waals surface area contributed by atoms with Crippen LogP contribution in [-0.2, 0) is 4.74 Å². The normalized spacial score (nSPS) is 16.7. The maximum absolute atomic E-state index is 12.1. The number of anilines is 1. The van der Waals surface area contributed by atoms with Gasteiger partial charge in [-0.3, -0.25) is 10.1 Å². The second-order valence-corrected chi connectivity index (χ2v) is 6.77. The molecule has 0 aromatic heterocycles. The Bertz CT molecular complexity index is 584. The lowest BCUT2D eigenvalue weighted by molar-refractivity contribution is 0.0593. The van der Waals surface area contributed by atoms with Gasteiger partial charge in [-0.25, -0.2) is 4.79 Å². The van der Waals surface area contributed by atoms with Crippen molar-refractivity contribution in [2.75, 3.05) is 5.32 Å². The van der Waals surface area contributed by atoms with Crippen molar-refractivity contribution in [1.29, 1.82) is 0 Å². The zero-order valence-corrected chi connectivity index (χ0v) is 13.1. The molecule has 1 N–H and O–H groups in total. The number of hydrogen-bond donors (Lipinski definition) is 1. The molecular weight excluding hydrogens is 270 g/mol. The Balaban J connectivity index is 2.29. The van der Waals surface area contributed by atoms with Gasteiger partial charge >= 0.3 is 6.09 Å². The fourth-order valence-electron chi connectivity index (χ4n) is 2.17. The van der Waals surface area contributed by atoms with Gasteiger partial charge in [0.05, 0.1) is 17.7 Å². The molecule has 0 saturated carbocycles. The molecule has 1 aliphatic rings. The summed E-state index contributed by atoms with van der Waals surface area (Å²) < 4.78 is 11.1. The van der Waals surface area contributed by atoms with E-state index < -0.39 is 17.3 Å². The van der Waals surface area contributed by atoms with E-state index in [4.69, 9.17) is 9.47 Å². The van der Waals surface area contributed by atoms with Crippen molar-refractivity contribution in [1.82, 2.24) is 0 Å². The quantitative estimate of drug-likeness (QED) is 0.855. The third kappa shape index (κ3) is 3.74. The predicted octanol–water partition coefficient (Wildman–Crippen LogP) is 3.78. The van der Waals surface area contributed by atoms with Crippen molar-refractivity contribution in [3.63, 3.8) is 0 Å². The Morgan fingerprint density at radius 2 is 2.00 bits per heavy atom. The highest BCUT2D eigenvalue weighted by Gasteiger charge is 2.34. The number of rotatable bonds is 1. The molecule has 1 aromatic rings. The summed E-state index contributed by atoms with van der Waals surface area (Å²) in [6.07, 6.45) is -0.258. The molecule has 1 aliphatic heterocycles. The Morgan fingerprint density at radius 3 is 2.62 bits per heavy atom. The van der Waals surface area contributed by atoms with Gasteiger partial charge in [-0.15, -0.1) is 0 Å². The van der Waals surface area contributed by atoms with Crippen molar-refractivity contribution < 1.29 is 19.1 Å². The minimum absolute atomic E-state index is 0.00842. The van der Waals surface area contributed by atoms with Crippen molar-refractivity contribution in [3.8, 4) is 5.75 Å². The Labute approximate surface area is 124 Å². The Morgan fingerprint density at radius 1 is 1.33 bits per heavy atom. The molecule has 5 heteroatoms. The molecule has 0 radical (unpaired) electrons. The fraction of sp³-hybridized carbons (Fsp3) is 0.500. The number of hydrogen-bond acceptors (Lipinski definition) is 4. The summed E-state index contributed by atoms with van der Waals surface area (Å²) in [5.74, 6) is 0.415. The summed E-state index contributed by atoms with van der Waals surface area (Å²) >= 11 is 0. The first-order chi connectivity index (χ1) is 9.57. The van der Waals surface area contributed by atoms with E-state index in [1.165, 1.54) is 0 Å². The van der Waals surface area contributed by atoms with Gasteiger partial charge in [0.15, 0.2) is 11.5 Å². The molecule has 5 nitrogen and oxygen atoms in total. The minimum Gasteiger partial charge on any atom is -0.484 e. The van der Waals surface area contributed by atoms with Crippen LogP contribution in [0.15, 0.2) is 18.2 Å². The second kappa shape index (κ2) is 5.06. The first-order valence-electron chi connectivity index (χ1n) is 6.93. The Hall–Kier alpha value is -2.04. The summed E-state index contributed by atoms with van der Waals surface area (Å²) in [4.78, 5) is 24.0. The lowest BCUT2D eigenvalue weighted by atomic mass is 9.92. The van der Waals surface area contributed by atoms with Crippen LogP contribution in [0.5, 0.6) is 5.75 Å². The average molecular weight is 291 g/mol. The van der Waals surface area contributed by atoms with Crippen LogP contribution in [0.4, 0.5) is 10.5 Å². The number of fused-ring (bicyclic) bond motifs is 1. The zero-order chi connectivity index (χ0) is 15.8. The van der Waals surface area contributed by atoms with E-state index in [2.05, 4.69) is 5.32 Å². The van der Waals surface area contributed by atoms with Crippen molar-refractivity contribution >= 4 is 17.6 Å². The highest BCUT2D eigenvalue weighted by molar-refractivity contribution is 6.03. The summed E-state index contributed by atoms with van der Waals surface area (Å²) in [6, 6.07) is 5.11. The van der Waals surface area contributed by atoms with E-state index in [-0.39, 0.29) is 5.78 Å². The summed E-state index contributed by atoms with van der Waals surface area (Å²) in [6.45, 7) is 9.05. The first-order valence-corrected chi connectivity index (χ1v) is 6.93. The SMILES string of the molecule is CC(C)(C)OC(=O)Nc1cccc2c1OC(C)(C)CC2=O. The maximum Gasteiger partial charge on any atom is 0.412 e. The van der Waals surface area contributed by atoms with Crippen molar-refractivity contribution in [3.05, 3.63) is 23.8 Å². The number of ketones is 1. The maximum atomic E-state index is 12.1. The van der Waals surface area contributed by atoms with Crippen LogP contribution in [-0.4, -0.2) is 23.1 Å². The van der Waals surface area contributed by atoms with Crippen molar-refractivity contribution in [2.45, 2.75) is 52.2 Å². The number of benzene rings is 1. The number of nitrogens with one attached hydrogen (secondary N) is 1. The highest BCUT2D eigenvalue weighted by atomic mass is 16.6. The molecule has 2 rings (SSSR count). The molecule has 0 bridgehead atoms. The molecule has 0 atom stereocenters. The van der Waals surface area contributed by atoms with Crippen LogP contribution >= 0.6 is 0 Å². The number of Topliss-reactive ketones (excluding diaryl/α,β-unsaturated/α-hetero) is 1. The topological polar surface area (TPSA) is 64.6 Å². The predicted molar refractivity (Wildman–Crippen MR) is 80.0 cm³/mol. The smallest absolute Gasteiger partial charge is 0.412 e. The van der Waals surface area contributed by atoms with Crippen LogP contribution in [0, 0.1) is 0 Å².